The SMILES string of the molecule is O=C(NCC1OCCc2ccccc21)c1cnc(Cn2cncn2)[nH]c1=O. The van der Waals surface area contributed by atoms with Gasteiger partial charge in [-0.1, -0.05) is 24.3 Å². The van der Waals surface area contributed by atoms with Crippen LogP contribution in [-0.2, 0) is 17.7 Å². The normalized spacial score (nSPS) is 15.9. The molecular weight excluding hydrogens is 348 g/mol. The first kappa shape index (κ1) is 17.1. The topological polar surface area (TPSA) is 115 Å². The number of ether oxygens (including phenoxy) is 1. The van der Waals surface area contributed by atoms with Crippen molar-refractivity contribution >= 4 is 5.91 Å². The number of hydrogen-bond donors (Lipinski definition) is 2. The Morgan fingerprint density at radius 2 is 2.26 bits per heavy atom. The zero-order valence-corrected chi connectivity index (χ0v) is 14.5. The van der Waals surface area contributed by atoms with E-state index in [0.29, 0.717) is 12.4 Å². The van der Waals surface area contributed by atoms with Gasteiger partial charge in [-0.05, 0) is 17.5 Å². The average molecular weight is 366 g/mol. The Morgan fingerprint density at radius 1 is 1.37 bits per heavy atom. The molecule has 2 N–H and O–H groups in total. The fourth-order valence-corrected chi connectivity index (χ4v) is 3.07. The second kappa shape index (κ2) is 7.50. The first-order valence-corrected chi connectivity index (χ1v) is 8.59. The molecule has 1 aliphatic rings. The van der Waals surface area contributed by atoms with Gasteiger partial charge in [-0.2, -0.15) is 5.10 Å². The van der Waals surface area contributed by atoms with Gasteiger partial charge in [-0.3, -0.25) is 9.59 Å². The molecule has 27 heavy (non-hydrogen) atoms. The summed E-state index contributed by atoms with van der Waals surface area (Å²) in [6, 6.07) is 8.00. The molecule has 4 rings (SSSR count). The van der Waals surface area contributed by atoms with E-state index in [1.54, 1.807) is 0 Å². The highest BCUT2D eigenvalue weighted by Gasteiger charge is 2.22. The number of H-pyrrole nitrogens is 1. The van der Waals surface area contributed by atoms with Gasteiger partial charge < -0.3 is 15.0 Å². The molecule has 3 aromatic rings. The number of amides is 1. The summed E-state index contributed by atoms with van der Waals surface area (Å²) in [7, 11) is 0. The van der Waals surface area contributed by atoms with E-state index in [1.807, 2.05) is 18.2 Å². The van der Waals surface area contributed by atoms with Gasteiger partial charge in [-0.25, -0.2) is 14.6 Å². The van der Waals surface area contributed by atoms with Gasteiger partial charge in [0.15, 0.2) is 0 Å². The van der Waals surface area contributed by atoms with E-state index < -0.39 is 11.5 Å². The molecule has 0 saturated heterocycles. The molecule has 9 heteroatoms. The van der Waals surface area contributed by atoms with Crippen LogP contribution in [-0.4, -0.2) is 43.8 Å². The summed E-state index contributed by atoms with van der Waals surface area (Å²) in [5.74, 6) is -0.0886. The molecule has 1 unspecified atom stereocenters. The van der Waals surface area contributed by atoms with Crippen LogP contribution >= 0.6 is 0 Å². The molecule has 0 aliphatic carbocycles. The van der Waals surface area contributed by atoms with E-state index in [0.717, 1.165) is 12.0 Å². The molecule has 0 saturated carbocycles. The molecule has 0 fully saturated rings. The van der Waals surface area contributed by atoms with Gasteiger partial charge >= 0.3 is 0 Å². The minimum absolute atomic E-state index is 0.0403. The molecule has 1 aromatic carbocycles. The summed E-state index contributed by atoms with van der Waals surface area (Å²) >= 11 is 0. The number of carbonyl (C=O) groups excluding carboxylic acids is 1. The van der Waals surface area contributed by atoms with Gasteiger partial charge in [0.25, 0.3) is 11.5 Å². The van der Waals surface area contributed by atoms with Gasteiger partial charge in [-0.15, -0.1) is 0 Å². The van der Waals surface area contributed by atoms with Crippen molar-refractivity contribution in [2.45, 2.75) is 19.1 Å². The number of benzene rings is 1. The third-order valence-corrected chi connectivity index (χ3v) is 4.42. The largest absolute Gasteiger partial charge is 0.371 e. The van der Waals surface area contributed by atoms with Crippen LogP contribution in [0.15, 0.2) is 47.9 Å². The molecular formula is C18H18N6O3. The molecule has 0 spiro atoms. The Balaban J connectivity index is 1.42. The number of nitrogens with one attached hydrogen (secondary N) is 2. The Hall–Kier alpha value is -3.33. The summed E-state index contributed by atoms with van der Waals surface area (Å²) in [4.78, 5) is 35.2. The summed E-state index contributed by atoms with van der Waals surface area (Å²) < 4.78 is 7.29. The quantitative estimate of drug-likeness (QED) is 0.678. The smallest absolute Gasteiger partial charge is 0.263 e. The number of aromatic amines is 1. The lowest BCUT2D eigenvalue weighted by atomic mass is 9.97. The monoisotopic (exact) mass is 366 g/mol. The maximum Gasteiger partial charge on any atom is 0.263 e. The highest BCUT2D eigenvalue weighted by Crippen LogP contribution is 2.26. The Bertz CT molecular complexity index is 998. The van der Waals surface area contributed by atoms with Crippen molar-refractivity contribution < 1.29 is 9.53 Å². The standard InChI is InChI=1S/C18H18N6O3/c25-17(21-8-15-13-4-2-1-3-12(13)5-6-27-15)14-7-20-16(23-18(14)26)9-24-11-19-10-22-24/h1-4,7,10-11,15H,5-6,8-9H2,(H,21,25)(H,20,23,26). The molecule has 0 bridgehead atoms. The average Bonchev–Trinajstić information content (AvgIpc) is 3.19. The van der Waals surface area contributed by atoms with Gasteiger partial charge in [0.05, 0.1) is 6.61 Å². The predicted octanol–water partition coefficient (Wildman–Crippen LogP) is 0.454. The minimum Gasteiger partial charge on any atom is -0.371 e. The zero-order chi connectivity index (χ0) is 18.6. The lowest BCUT2D eigenvalue weighted by Gasteiger charge is -2.26. The highest BCUT2D eigenvalue weighted by atomic mass is 16.5. The van der Waals surface area contributed by atoms with Gasteiger partial charge in [0, 0.05) is 12.7 Å². The van der Waals surface area contributed by atoms with Crippen molar-refractivity contribution in [2.75, 3.05) is 13.2 Å². The van der Waals surface area contributed by atoms with E-state index in [4.69, 9.17) is 4.74 Å². The predicted molar refractivity (Wildman–Crippen MR) is 95.2 cm³/mol. The summed E-state index contributed by atoms with van der Waals surface area (Å²) in [5, 5.41) is 6.71. The van der Waals surface area contributed by atoms with Crippen molar-refractivity contribution in [3.05, 3.63) is 76.0 Å². The molecule has 3 heterocycles. The molecule has 9 nitrogen and oxygen atoms in total. The van der Waals surface area contributed by atoms with Crippen LogP contribution in [0.4, 0.5) is 0 Å². The van der Waals surface area contributed by atoms with E-state index in [1.165, 1.54) is 29.1 Å². The fourth-order valence-electron chi connectivity index (χ4n) is 3.07. The van der Waals surface area contributed by atoms with E-state index in [9.17, 15) is 9.59 Å². The lowest BCUT2D eigenvalue weighted by Crippen LogP contribution is -2.35. The molecule has 1 aliphatic heterocycles. The fraction of sp³-hybridized carbons (Fsp3) is 0.278. The minimum atomic E-state index is -0.498. The Morgan fingerprint density at radius 3 is 3.07 bits per heavy atom. The Labute approximate surface area is 154 Å². The van der Waals surface area contributed by atoms with Crippen LogP contribution < -0.4 is 10.9 Å². The van der Waals surface area contributed by atoms with Crippen molar-refractivity contribution in [3.8, 4) is 0 Å². The summed E-state index contributed by atoms with van der Waals surface area (Å²) in [5.41, 5.74) is 1.75. The van der Waals surface area contributed by atoms with Gasteiger partial charge in [0.1, 0.15) is 36.7 Å². The van der Waals surface area contributed by atoms with Crippen molar-refractivity contribution in [1.82, 2.24) is 30.0 Å². The van der Waals surface area contributed by atoms with Crippen LogP contribution in [0.5, 0.6) is 0 Å². The Kier molecular flexibility index (Phi) is 4.75. The molecule has 1 amide bonds. The molecule has 2 aromatic heterocycles. The summed E-state index contributed by atoms with van der Waals surface area (Å²) in [6.07, 6.45) is 4.82. The number of carbonyl (C=O) groups is 1. The van der Waals surface area contributed by atoms with Crippen LogP contribution in [0.25, 0.3) is 0 Å². The number of nitrogens with zero attached hydrogens (tertiary/aromatic N) is 4. The van der Waals surface area contributed by atoms with Crippen LogP contribution in [0, 0.1) is 0 Å². The first-order chi connectivity index (χ1) is 13.2. The van der Waals surface area contributed by atoms with Crippen LogP contribution in [0.2, 0.25) is 0 Å². The summed E-state index contributed by atoms with van der Waals surface area (Å²) in [6.45, 7) is 1.16. The zero-order valence-electron chi connectivity index (χ0n) is 14.5. The van der Waals surface area contributed by atoms with E-state index >= 15 is 0 Å². The number of hydrogen-bond acceptors (Lipinski definition) is 6. The second-order valence-electron chi connectivity index (χ2n) is 6.18. The number of fused-ring (bicyclic) bond motifs is 1. The molecule has 138 valence electrons. The van der Waals surface area contributed by atoms with Crippen LogP contribution in [0.3, 0.4) is 0 Å². The third-order valence-electron chi connectivity index (χ3n) is 4.42. The highest BCUT2D eigenvalue weighted by molar-refractivity contribution is 5.93. The van der Waals surface area contributed by atoms with Crippen molar-refractivity contribution in [3.63, 3.8) is 0 Å². The van der Waals surface area contributed by atoms with Crippen molar-refractivity contribution in [2.24, 2.45) is 0 Å². The third kappa shape index (κ3) is 3.77. The second-order valence-corrected chi connectivity index (χ2v) is 6.18. The molecule has 1 atom stereocenters. The van der Waals surface area contributed by atoms with Gasteiger partial charge in [0.2, 0.25) is 0 Å². The molecule has 0 radical (unpaired) electrons. The van der Waals surface area contributed by atoms with Crippen molar-refractivity contribution in [1.29, 1.82) is 0 Å². The first-order valence-electron chi connectivity index (χ1n) is 8.59. The number of rotatable bonds is 5. The van der Waals surface area contributed by atoms with E-state index in [-0.39, 0.29) is 24.8 Å². The van der Waals surface area contributed by atoms with Crippen LogP contribution in [0.1, 0.15) is 33.4 Å². The maximum atomic E-state index is 12.4. The maximum absolute atomic E-state index is 12.4. The van der Waals surface area contributed by atoms with E-state index in [2.05, 4.69) is 31.4 Å². The lowest BCUT2D eigenvalue weighted by molar-refractivity contribution is 0.0411. The number of aromatic nitrogens is 5.